The number of nitrogens with zero attached hydrogens (tertiary/aromatic N) is 3. The number of carbonyl (C=O) groups excluding carboxylic acids is 2. The van der Waals surface area contributed by atoms with Crippen LogP contribution in [0.4, 0.5) is 0 Å². The molecule has 0 saturated heterocycles. The summed E-state index contributed by atoms with van der Waals surface area (Å²) >= 11 is 7.06. The highest BCUT2D eigenvalue weighted by atomic mass is 35.5. The smallest absolute Gasteiger partial charge is 0.342 e. The van der Waals surface area contributed by atoms with Gasteiger partial charge in [-0.05, 0) is 31.2 Å². The zero-order valence-corrected chi connectivity index (χ0v) is 15.7. The normalized spacial score (nSPS) is 11.6. The fourth-order valence-corrected chi connectivity index (χ4v) is 3.52. The molecule has 0 N–H and O–H groups in total. The molecule has 0 aliphatic heterocycles. The number of esters is 1. The quantitative estimate of drug-likeness (QED) is 0.287. The van der Waals surface area contributed by atoms with Gasteiger partial charge in [-0.3, -0.25) is 4.79 Å². The van der Waals surface area contributed by atoms with Gasteiger partial charge in [-0.1, -0.05) is 22.9 Å². The van der Waals surface area contributed by atoms with Gasteiger partial charge >= 0.3 is 5.97 Å². The molecule has 0 saturated carbocycles. The van der Waals surface area contributed by atoms with Crippen molar-refractivity contribution in [2.24, 2.45) is 0 Å². The van der Waals surface area contributed by atoms with Crippen molar-refractivity contribution in [1.29, 1.82) is 0 Å². The van der Waals surface area contributed by atoms with Crippen LogP contribution in [-0.4, -0.2) is 40.6 Å². The molecule has 7 nitrogen and oxygen atoms in total. The zero-order valence-electron chi connectivity index (χ0n) is 14.1. The van der Waals surface area contributed by atoms with E-state index < -0.39 is 5.97 Å². The fraction of sp³-hybridized carbons (Fsp3) is 0.176. The van der Waals surface area contributed by atoms with Crippen LogP contribution in [0, 0.1) is 6.92 Å². The molecule has 1 aromatic carbocycles. The molecule has 0 aliphatic carbocycles. The molecule has 0 spiro atoms. The molecule has 0 radical (unpaired) electrons. The number of ether oxygens (including phenoxy) is 2. The first-order chi connectivity index (χ1) is 12.5. The number of carbonyl (C=O) groups is 2. The third-order valence-electron chi connectivity index (χ3n) is 3.61. The Balaban J connectivity index is 2.01. The Morgan fingerprint density at radius 3 is 2.50 bits per heavy atom. The molecule has 9 heteroatoms. The van der Waals surface area contributed by atoms with Gasteiger partial charge in [0.05, 0.1) is 31.1 Å². The first-order valence-electron chi connectivity index (χ1n) is 7.44. The highest BCUT2D eigenvalue weighted by Gasteiger charge is 2.24. The number of aromatic nitrogens is 3. The minimum absolute atomic E-state index is 0.0727. The van der Waals surface area contributed by atoms with Crippen LogP contribution in [-0.2, 0) is 14.3 Å². The summed E-state index contributed by atoms with van der Waals surface area (Å²) in [5, 5.41) is 4.82. The lowest BCUT2D eigenvalue weighted by Crippen LogP contribution is -2.06. The molecule has 2 heterocycles. The van der Waals surface area contributed by atoms with Gasteiger partial charge in [0.25, 0.3) is 0 Å². The lowest BCUT2D eigenvalue weighted by molar-refractivity contribution is -0.133. The maximum atomic E-state index is 12.5. The number of hydrogen-bond acceptors (Lipinski definition) is 7. The SMILES string of the molecule is COC=C(C(=O)OC)c1sc2nc(C(=O)c3ccc(Cl)cc3)nn2c1C. The summed E-state index contributed by atoms with van der Waals surface area (Å²) in [4.78, 5) is 29.9. The summed E-state index contributed by atoms with van der Waals surface area (Å²) in [7, 11) is 2.74. The summed E-state index contributed by atoms with van der Waals surface area (Å²) in [6, 6.07) is 6.51. The molecule has 0 unspecified atom stereocenters. The summed E-state index contributed by atoms with van der Waals surface area (Å²) in [5.41, 5.74) is 1.36. The summed E-state index contributed by atoms with van der Waals surface area (Å²) in [6.45, 7) is 1.77. The summed E-state index contributed by atoms with van der Waals surface area (Å²) < 4.78 is 11.3. The molecule has 0 amide bonds. The maximum Gasteiger partial charge on any atom is 0.342 e. The summed E-state index contributed by atoms with van der Waals surface area (Å²) in [6.07, 6.45) is 1.31. The molecular formula is C17H14ClN3O4S. The van der Waals surface area contributed by atoms with Crippen molar-refractivity contribution < 1.29 is 19.1 Å². The van der Waals surface area contributed by atoms with Gasteiger partial charge < -0.3 is 9.47 Å². The number of fused-ring (bicyclic) bond motifs is 1. The highest BCUT2D eigenvalue weighted by molar-refractivity contribution is 7.18. The average molecular weight is 392 g/mol. The predicted molar refractivity (Wildman–Crippen MR) is 97.5 cm³/mol. The van der Waals surface area contributed by atoms with Crippen molar-refractivity contribution in [1.82, 2.24) is 14.6 Å². The molecule has 0 aliphatic rings. The molecule has 3 aromatic rings. The standard InChI is InChI=1S/C17H14ClN3O4S/c1-9-14(12(8-24-2)16(23)25-3)26-17-19-15(20-21(9)17)13(22)10-4-6-11(18)7-5-10/h4-8H,1-3H3. The van der Waals surface area contributed by atoms with Crippen LogP contribution in [0.5, 0.6) is 0 Å². The van der Waals surface area contributed by atoms with Crippen LogP contribution in [0.3, 0.4) is 0 Å². The van der Waals surface area contributed by atoms with Crippen LogP contribution < -0.4 is 0 Å². The van der Waals surface area contributed by atoms with E-state index in [0.717, 1.165) is 0 Å². The van der Waals surface area contributed by atoms with E-state index in [0.29, 0.717) is 26.1 Å². The van der Waals surface area contributed by atoms with E-state index in [2.05, 4.69) is 10.1 Å². The van der Waals surface area contributed by atoms with E-state index in [1.807, 2.05) is 0 Å². The fourth-order valence-electron chi connectivity index (χ4n) is 2.34. The van der Waals surface area contributed by atoms with Gasteiger partial charge in [-0.15, -0.1) is 5.10 Å². The molecule has 3 rings (SSSR count). The topological polar surface area (TPSA) is 82.8 Å². The molecule has 0 bridgehead atoms. The molecule has 134 valence electrons. The van der Waals surface area contributed by atoms with Crippen molar-refractivity contribution in [2.45, 2.75) is 6.92 Å². The Morgan fingerprint density at radius 1 is 1.23 bits per heavy atom. The van der Waals surface area contributed by atoms with Crippen LogP contribution >= 0.6 is 22.9 Å². The third-order valence-corrected chi connectivity index (χ3v) is 5.03. The van der Waals surface area contributed by atoms with E-state index >= 15 is 0 Å². The van der Waals surface area contributed by atoms with Gasteiger partial charge in [0.1, 0.15) is 5.57 Å². The number of halogens is 1. The van der Waals surface area contributed by atoms with E-state index in [1.54, 1.807) is 31.2 Å². The summed E-state index contributed by atoms with van der Waals surface area (Å²) in [5.74, 6) is -0.764. The van der Waals surface area contributed by atoms with Gasteiger partial charge in [0.15, 0.2) is 0 Å². The second-order valence-electron chi connectivity index (χ2n) is 5.24. The first kappa shape index (κ1) is 18.1. The predicted octanol–water partition coefficient (Wildman–Crippen LogP) is 3.14. The Hall–Kier alpha value is -2.71. The molecule has 2 aromatic heterocycles. The number of methoxy groups -OCH3 is 2. The van der Waals surface area contributed by atoms with Crippen molar-refractivity contribution >= 4 is 45.2 Å². The number of rotatable bonds is 5. The second-order valence-corrected chi connectivity index (χ2v) is 6.66. The van der Waals surface area contributed by atoms with E-state index in [-0.39, 0.29) is 17.2 Å². The number of hydrogen-bond donors (Lipinski definition) is 0. The van der Waals surface area contributed by atoms with Gasteiger partial charge in [0, 0.05) is 10.6 Å². The molecular weight excluding hydrogens is 378 g/mol. The third kappa shape index (κ3) is 3.21. The Labute approximate surface area is 157 Å². The Morgan fingerprint density at radius 2 is 1.92 bits per heavy atom. The van der Waals surface area contributed by atoms with Crippen molar-refractivity contribution in [3.05, 3.63) is 57.5 Å². The maximum absolute atomic E-state index is 12.5. The van der Waals surface area contributed by atoms with Gasteiger partial charge in [-0.25, -0.2) is 9.31 Å². The van der Waals surface area contributed by atoms with Crippen molar-refractivity contribution in [3.8, 4) is 0 Å². The number of benzene rings is 1. The van der Waals surface area contributed by atoms with E-state index in [1.165, 1.54) is 36.3 Å². The average Bonchev–Trinajstić information content (AvgIpc) is 3.19. The van der Waals surface area contributed by atoms with Crippen LogP contribution in [0.2, 0.25) is 5.02 Å². The Kier molecular flexibility index (Phi) is 5.06. The number of ketones is 1. The van der Waals surface area contributed by atoms with Gasteiger partial charge in [0.2, 0.25) is 16.6 Å². The Bertz CT molecular complexity index is 1020. The molecule has 26 heavy (non-hydrogen) atoms. The van der Waals surface area contributed by atoms with Gasteiger partial charge in [-0.2, -0.15) is 4.98 Å². The van der Waals surface area contributed by atoms with E-state index in [4.69, 9.17) is 21.1 Å². The minimum atomic E-state index is -0.531. The molecule has 0 atom stereocenters. The second kappa shape index (κ2) is 7.27. The number of aryl methyl sites for hydroxylation is 1. The van der Waals surface area contributed by atoms with E-state index in [9.17, 15) is 9.59 Å². The number of thiazole rings is 1. The van der Waals surface area contributed by atoms with Crippen molar-refractivity contribution in [3.63, 3.8) is 0 Å². The van der Waals surface area contributed by atoms with Crippen LogP contribution in [0.25, 0.3) is 10.5 Å². The van der Waals surface area contributed by atoms with Crippen LogP contribution in [0.15, 0.2) is 30.5 Å². The lowest BCUT2D eigenvalue weighted by Gasteiger charge is -2.03. The largest absolute Gasteiger partial charge is 0.503 e. The van der Waals surface area contributed by atoms with Crippen LogP contribution in [0.1, 0.15) is 26.8 Å². The van der Waals surface area contributed by atoms with Crippen molar-refractivity contribution in [2.75, 3.05) is 14.2 Å². The monoisotopic (exact) mass is 391 g/mol. The first-order valence-corrected chi connectivity index (χ1v) is 8.63. The lowest BCUT2D eigenvalue weighted by atomic mass is 10.1. The minimum Gasteiger partial charge on any atom is -0.503 e. The zero-order chi connectivity index (χ0) is 18.8. The molecule has 0 fully saturated rings. The highest BCUT2D eigenvalue weighted by Crippen LogP contribution is 2.29.